The van der Waals surface area contributed by atoms with E-state index in [9.17, 15) is 9.90 Å². The summed E-state index contributed by atoms with van der Waals surface area (Å²) < 4.78 is 1.82. The molecule has 2 N–H and O–H groups in total. The van der Waals surface area contributed by atoms with Gasteiger partial charge in [0.1, 0.15) is 0 Å². The number of hydrogen-bond acceptors (Lipinski definition) is 4. The molecular formula is C16H29N5O2. The second-order valence-electron chi connectivity index (χ2n) is 7.02. The maximum atomic E-state index is 12.3. The van der Waals surface area contributed by atoms with Gasteiger partial charge in [-0.2, -0.15) is 5.10 Å². The number of aliphatic hydroxyl groups is 1. The number of β-amino-alcohol motifs (C(OH)–C–C–N with tert-alkyl or cyclic N) is 1. The highest BCUT2D eigenvalue weighted by Crippen LogP contribution is 2.13. The molecule has 1 aromatic rings. The Bertz CT molecular complexity index is 523. The van der Waals surface area contributed by atoms with Crippen molar-refractivity contribution in [2.24, 2.45) is 7.05 Å². The van der Waals surface area contributed by atoms with Gasteiger partial charge in [-0.1, -0.05) is 0 Å². The third-order valence-corrected chi connectivity index (χ3v) is 4.16. The monoisotopic (exact) mass is 323 g/mol. The number of hydrogen-bond donors (Lipinski definition) is 2. The van der Waals surface area contributed by atoms with Crippen molar-refractivity contribution in [1.82, 2.24) is 24.9 Å². The summed E-state index contributed by atoms with van der Waals surface area (Å²) in [4.78, 5) is 16.4. The van der Waals surface area contributed by atoms with Crippen LogP contribution in [0.5, 0.6) is 0 Å². The Morgan fingerprint density at radius 2 is 2.22 bits per heavy atom. The van der Waals surface area contributed by atoms with E-state index in [1.165, 1.54) is 0 Å². The minimum absolute atomic E-state index is 0.0115. The van der Waals surface area contributed by atoms with Crippen LogP contribution in [0, 0.1) is 0 Å². The lowest BCUT2D eigenvalue weighted by Crippen LogP contribution is -2.58. The van der Waals surface area contributed by atoms with Crippen LogP contribution in [0.1, 0.15) is 26.5 Å². The number of rotatable bonds is 5. The van der Waals surface area contributed by atoms with Crippen LogP contribution >= 0.6 is 0 Å². The second-order valence-corrected chi connectivity index (χ2v) is 7.02. The number of aromatic nitrogens is 2. The first-order valence-electron chi connectivity index (χ1n) is 8.22. The Morgan fingerprint density at radius 1 is 1.48 bits per heavy atom. The molecular weight excluding hydrogens is 294 g/mol. The lowest BCUT2D eigenvalue weighted by Gasteiger charge is -2.41. The van der Waals surface area contributed by atoms with Gasteiger partial charge in [0.15, 0.2) is 0 Å². The first-order chi connectivity index (χ1) is 10.8. The molecule has 1 aliphatic rings. The topological polar surface area (TPSA) is 73.6 Å². The Kier molecular flexibility index (Phi) is 5.64. The van der Waals surface area contributed by atoms with Gasteiger partial charge in [0, 0.05) is 64.1 Å². The molecule has 1 aromatic heterocycles. The minimum atomic E-state index is -0.701. The molecule has 1 fully saturated rings. The van der Waals surface area contributed by atoms with Gasteiger partial charge in [0.2, 0.25) is 0 Å². The van der Waals surface area contributed by atoms with Crippen molar-refractivity contribution in [2.45, 2.75) is 38.8 Å². The summed E-state index contributed by atoms with van der Waals surface area (Å²) in [6.07, 6.45) is 2.54. The lowest BCUT2D eigenvalue weighted by molar-refractivity contribution is 0.0119. The van der Waals surface area contributed by atoms with Gasteiger partial charge in [-0.3, -0.25) is 9.58 Å². The van der Waals surface area contributed by atoms with E-state index in [-0.39, 0.29) is 12.1 Å². The molecule has 7 nitrogen and oxygen atoms in total. The Labute approximate surface area is 138 Å². The Morgan fingerprint density at radius 3 is 2.78 bits per heavy atom. The fraction of sp³-hybridized carbons (Fsp3) is 0.750. The van der Waals surface area contributed by atoms with Gasteiger partial charge in [-0.25, -0.2) is 4.79 Å². The SMILES string of the molecule is C[C@H]1CN(CC(C)(C)O)CCN1C(=O)NCCc1ccnn1C. The highest BCUT2D eigenvalue weighted by Gasteiger charge is 2.29. The first-order valence-corrected chi connectivity index (χ1v) is 8.22. The predicted octanol–water partition coefficient (Wildman–Crippen LogP) is 0.449. The lowest BCUT2D eigenvalue weighted by atomic mass is 10.1. The standard InChI is InChI=1S/C16H29N5O2/c1-13-11-20(12-16(2,3)23)9-10-21(13)15(22)17-7-5-14-6-8-18-19(14)4/h6,8,13,23H,5,7,9-12H2,1-4H3,(H,17,22)/t13-/m0/s1. The molecule has 23 heavy (non-hydrogen) atoms. The quantitative estimate of drug-likeness (QED) is 0.825. The van der Waals surface area contributed by atoms with Crippen molar-refractivity contribution >= 4 is 6.03 Å². The van der Waals surface area contributed by atoms with Crippen molar-refractivity contribution < 1.29 is 9.90 Å². The molecule has 1 aliphatic heterocycles. The van der Waals surface area contributed by atoms with Crippen molar-refractivity contribution in [3.05, 3.63) is 18.0 Å². The molecule has 2 amide bonds. The van der Waals surface area contributed by atoms with Crippen LogP contribution in [-0.4, -0.2) is 75.1 Å². The van der Waals surface area contributed by atoms with Crippen molar-refractivity contribution in [2.75, 3.05) is 32.7 Å². The van der Waals surface area contributed by atoms with Gasteiger partial charge in [0.25, 0.3) is 0 Å². The van der Waals surface area contributed by atoms with E-state index < -0.39 is 5.60 Å². The van der Waals surface area contributed by atoms with Gasteiger partial charge < -0.3 is 15.3 Å². The maximum absolute atomic E-state index is 12.3. The average Bonchev–Trinajstić information content (AvgIpc) is 2.82. The van der Waals surface area contributed by atoms with E-state index in [1.54, 1.807) is 6.20 Å². The predicted molar refractivity (Wildman–Crippen MR) is 89.2 cm³/mol. The van der Waals surface area contributed by atoms with E-state index in [1.807, 2.05) is 36.5 Å². The smallest absolute Gasteiger partial charge is 0.317 e. The maximum Gasteiger partial charge on any atom is 0.317 e. The molecule has 0 bridgehead atoms. The van der Waals surface area contributed by atoms with Crippen molar-refractivity contribution in [3.8, 4) is 0 Å². The molecule has 2 heterocycles. The summed E-state index contributed by atoms with van der Waals surface area (Å²) in [6.45, 7) is 9.20. The van der Waals surface area contributed by atoms with Gasteiger partial charge in [-0.05, 0) is 26.8 Å². The number of carbonyl (C=O) groups is 1. The number of piperazine rings is 1. The van der Waals surface area contributed by atoms with Crippen LogP contribution in [0.3, 0.4) is 0 Å². The number of urea groups is 1. The van der Waals surface area contributed by atoms with Gasteiger partial charge in [0.05, 0.1) is 5.60 Å². The minimum Gasteiger partial charge on any atom is -0.389 e. The summed E-state index contributed by atoms with van der Waals surface area (Å²) in [6, 6.07) is 2.09. The van der Waals surface area contributed by atoms with E-state index in [4.69, 9.17) is 0 Å². The zero-order chi connectivity index (χ0) is 17.0. The molecule has 130 valence electrons. The molecule has 0 spiro atoms. The van der Waals surface area contributed by atoms with Crippen molar-refractivity contribution in [1.29, 1.82) is 0 Å². The van der Waals surface area contributed by atoms with Crippen LogP contribution in [0.25, 0.3) is 0 Å². The summed E-state index contributed by atoms with van der Waals surface area (Å²) >= 11 is 0. The highest BCUT2D eigenvalue weighted by atomic mass is 16.3. The molecule has 1 atom stereocenters. The van der Waals surface area contributed by atoms with Crippen LogP contribution in [-0.2, 0) is 13.5 Å². The number of carbonyl (C=O) groups excluding carboxylic acids is 1. The fourth-order valence-corrected chi connectivity index (χ4v) is 3.07. The molecule has 1 saturated heterocycles. The molecule has 0 radical (unpaired) electrons. The van der Waals surface area contributed by atoms with Gasteiger partial charge >= 0.3 is 6.03 Å². The molecule has 0 aromatic carbocycles. The normalized spacial score (nSPS) is 19.9. The molecule has 0 saturated carbocycles. The van der Waals surface area contributed by atoms with Crippen LogP contribution < -0.4 is 5.32 Å². The van der Waals surface area contributed by atoms with E-state index in [0.717, 1.165) is 25.2 Å². The number of nitrogens with zero attached hydrogens (tertiary/aromatic N) is 4. The van der Waals surface area contributed by atoms with Crippen LogP contribution in [0.15, 0.2) is 12.3 Å². The summed E-state index contributed by atoms with van der Waals surface area (Å²) in [5.41, 5.74) is 0.404. The molecule has 0 unspecified atom stereocenters. The molecule has 0 aliphatic carbocycles. The zero-order valence-corrected chi connectivity index (χ0v) is 14.6. The largest absolute Gasteiger partial charge is 0.389 e. The summed E-state index contributed by atoms with van der Waals surface area (Å²) in [5.74, 6) is 0. The number of aryl methyl sites for hydroxylation is 1. The second kappa shape index (κ2) is 7.31. The third kappa shape index (κ3) is 5.21. The summed E-state index contributed by atoms with van der Waals surface area (Å²) in [5, 5.41) is 17.0. The van der Waals surface area contributed by atoms with Crippen LogP contribution in [0.2, 0.25) is 0 Å². The number of nitrogens with one attached hydrogen (secondary N) is 1. The highest BCUT2D eigenvalue weighted by molar-refractivity contribution is 5.74. The van der Waals surface area contributed by atoms with Gasteiger partial charge in [-0.15, -0.1) is 0 Å². The fourth-order valence-electron chi connectivity index (χ4n) is 3.07. The Balaban J connectivity index is 1.76. The molecule has 7 heteroatoms. The van der Waals surface area contributed by atoms with Crippen molar-refractivity contribution in [3.63, 3.8) is 0 Å². The van der Waals surface area contributed by atoms with E-state index >= 15 is 0 Å². The average molecular weight is 323 g/mol. The first kappa shape index (κ1) is 17.7. The summed E-state index contributed by atoms with van der Waals surface area (Å²) in [7, 11) is 1.90. The number of amides is 2. The van der Waals surface area contributed by atoms with E-state index in [0.29, 0.717) is 19.6 Å². The van der Waals surface area contributed by atoms with E-state index in [2.05, 4.69) is 22.2 Å². The third-order valence-electron chi connectivity index (χ3n) is 4.16. The zero-order valence-electron chi connectivity index (χ0n) is 14.6. The Hall–Kier alpha value is -1.60. The van der Waals surface area contributed by atoms with Crippen LogP contribution in [0.4, 0.5) is 4.79 Å². The molecule has 2 rings (SSSR count).